The number of esters is 1. The third-order valence-electron chi connectivity index (χ3n) is 6.31. The lowest BCUT2D eigenvalue weighted by Crippen LogP contribution is -3.00. The maximum absolute atomic E-state index is 11.9. The largest absolute Gasteiger partial charge is 1.00 e. The van der Waals surface area contributed by atoms with Crippen molar-refractivity contribution in [2.75, 3.05) is 0 Å². The molecule has 0 saturated carbocycles. The summed E-state index contributed by atoms with van der Waals surface area (Å²) in [5.41, 5.74) is 0. The Bertz CT molecular complexity index is 635. The number of carbonyl (C=O) groups is 1. The second kappa shape index (κ2) is 19.9. The fraction of sp³-hybridized carbons (Fsp3) is 0.714. The van der Waals surface area contributed by atoms with Crippen molar-refractivity contribution < 1.29 is 31.2 Å². The molecule has 1 aliphatic rings. The summed E-state index contributed by atoms with van der Waals surface area (Å²) < 4.78 is 13.4. The highest BCUT2D eigenvalue weighted by molar-refractivity contribution is 5.69. The number of allylic oxidation sites excluding steroid dienone is 1. The van der Waals surface area contributed by atoms with E-state index in [1.165, 1.54) is 70.6 Å². The first-order chi connectivity index (χ1) is 15.8. The molecular weight excluding hydrogens is 434 g/mol. The predicted octanol–water partition coefficient (Wildman–Crippen LogP) is 4.41. The minimum atomic E-state index is -0.159. The third-order valence-corrected chi connectivity index (χ3v) is 6.31. The second-order valence-corrected chi connectivity index (χ2v) is 9.25. The van der Waals surface area contributed by atoms with Gasteiger partial charge in [0.05, 0.1) is 6.10 Å². The Kier molecular flexibility index (Phi) is 17.8. The molecular formula is C28H46ClNO3. The van der Waals surface area contributed by atoms with Gasteiger partial charge in [-0.2, -0.15) is 0 Å². The Morgan fingerprint density at radius 3 is 2.24 bits per heavy atom. The van der Waals surface area contributed by atoms with Crippen molar-refractivity contribution in [3.8, 4) is 0 Å². The van der Waals surface area contributed by atoms with E-state index in [0.29, 0.717) is 12.5 Å². The number of pyridine rings is 1. The maximum Gasteiger partial charge on any atom is 0.310 e. The molecule has 1 aromatic rings. The molecule has 0 N–H and O–H groups in total. The third kappa shape index (κ3) is 15.1. The lowest BCUT2D eigenvalue weighted by molar-refractivity contribution is -0.697. The molecule has 188 valence electrons. The van der Waals surface area contributed by atoms with Crippen LogP contribution in [0.4, 0.5) is 0 Å². The Labute approximate surface area is 208 Å². The molecule has 2 rings (SSSR count). The summed E-state index contributed by atoms with van der Waals surface area (Å²) in [4.78, 5) is 11.9. The minimum absolute atomic E-state index is 0. The van der Waals surface area contributed by atoms with Crippen molar-refractivity contribution in [1.29, 1.82) is 0 Å². The summed E-state index contributed by atoms with van der Waals surface area (Å²) in [5.74, 6) is 0.680. The highest BCUT2D eigenvalue weighted by Gasteiger charge is 2.20. The highest BCUT2D eigenvalue weighted by Crippen LogP contribution is 2.27. The van der Waals surface area contributed by atoms with Gasteiger partial charge in [-0.15, -0.1) is 0 Å². The van der Waals surface area contributed by atoms with Crippen molar-refractivity contribution in [3.05, 3.63) is 42.6 Å². The summed E-state index contributed by atoms with van der Waals surface area (Å²) in [5, 5.41) is 0. The van der Waals surface area contributed by atoms with Crippen molar-refractivity contribution in [3.63, 3.8) is 0 Å². The van der Waals surface area contributed by atoms with E-state index < -0.39 is 0 Å². The van der Waals surface area contributed by atoms with Crippen LogP contribution < -0.4 is 17.0 Å². The molecule has 4 nitrogen and oxygen atoms in total. The first kappa shape index (κ1) is 29.5. The van der Waals surface area contributed by atoms with Gasteiger partial charge in [0.15, 0.2) is 12.4 Å². The number of halogens is 1. The SMILES string of the molecule is CCCCCCCCCCCCCC1CCC(=COC(=O)CCCC[n+]2ccccc2)O1.[Cl-]. The zero-order valence-corrected chi connectivity index (χ0v) is 21.6. The zero-order valence-electron chi connectivity index (χ0n) is 20.8. The molecule has 1 fully saturated rings. The number of nitrogens with zero attached hydrogens (tertiary/aromatic N) is 1. The summed E-state index contributed by atoms with van der Waals surface area (Å²) in [6.07, 6.45) is 26.4. The van der Waals surface area contributed by atoms with Gasteiger partial charge < -0.3 is 21.9 Å². The van der Waals surface area contributed by atoms with Gasteiger partial charge in [0.2, 0.25) is 0 Å². The molecule has 1 atom stereocenters. The Balaban J connectivity index is 0.00000544. The molecule has 1 aromatic heterocycles. The Hall–Kier alpha value is -1.55. The van der Waals surface area contributed by atoms with E-state index >= 15 is 0 Å². The van der Waals surface area contributed by atoms with E-state index in [1.54, 1.807) is 6.26 Å². The molecule has 0 bridgehead atoms. The fourth-order valence-electron chi connectivity index (χ4n) is 4.30. The minimum Gasteiger partial charge on any atom is -1.00 e. The average molecular weight is 480 g/mol. The molecule has 1 saturated heterocycles. The molecule has 33 heavy (non-hydrogen) atoms. The average Bonchev–Trinajstić information content (AvgIpc) is 3.27. The van der Waals surface area contributed by atoms with Gasteiger partial charge in [0.25, 0.3) is 0 Å². The fourth-order valence-corrected chi connectivity index (χ4v) is 4.30. The lowest BCUT2D eigenvalue weighted by atomic mass is 10.0. The van der Waals surface area contributed by atoms with Gasteiger partial charge in [0, 0.05) is 31.4 Å². The maximum atomic E-state index is 11.9. The lowest BCUT2D eigenvalue weighted by Gasteiger charge is -2.10. The van der Waals surface area contributed by atoms with Crippen LogP contribution in [0.2, 0.25) is 0 Å². The van der Waals surface area contributed by atoms with Crippen molar-refractivity contribution in [1.82, 2.24) is 0 Å². The molecule has 1 aliphatic heterocycles. The zero-order chi connectivity index (χ0) is 22.7. The van der Waals surface area contributed by atoms with E-state index in [4.69, 9.17) is 9.47 Å². The quantitative estimate of drug-likeness (QED) is 0.135. The van der Waals surface area contributed by atoms with Crippen LogP contribution in [-0.2, 0) is 20.8 Å². The van der Waals surface area contributed by atoms with Crippen LogP contribution in [-0.4, -0.2) is 12.1 Å². The van der Waals surface area contributed by atoms with E-state index in [9.17, 15) is 4.79 Å². The van der Waals surface area contributed by atoms with Crippen LogP contribution >= 0.6 is 0 Å². The van der Waals surface area contributed by atoms with Gasteiger partial charge in [-0.05, 0) is 25.7 Å². The number of hydrogen-bond acceptors (Lipinski definition) is 3. The molecule has 5 heteroatoms. The Morgan fingerprint density at radius 1 is 0.939 bits per heavy atom. The number of carbonyl (C=O) groups excluding carboxylic acids is 1. The second-order valence-electron chi connectivity index (χ2n) is 9.25. The van der Waals surface area contributed by atoms with Crippen molar-refractivity contribution >= 4 is 5.97 Å². The summed E-state index contributed by atoms with van der Waals surface area (Å²) in [6.45, 7) is 3.21. The molecule has 0 spiro atoms. The molecule has 1 unspecified atom stereocenters. The monoisotopic (exact) mass is 479 g/mol. The van der Waals surface area contributed by atoms with Crippen LogP contribution in [0.1, 0.15) is 116 Å². The van der Waals surface area contributed by atoms with E-state index in [-0.39, 0.29) is 18.4 Å². The first-order valence-electron chi connectivity index (χ1n) is 13.3. The van der Waals surface area contributed by atoms with Crippen LogP contribution in [0.25, 0.3) is 0 Å². The molecule has 0 aromatic carbocycles. The van der Waals surface area contributed by atoms with Crippen LogP contribution in [0.3, 0.4) is 0 Å². The predicted molar refractivity (Wildman–Crippen MR) is 130 cm³/mol. The Morgan fingerprint density at radius 2 is 1.58 bits per heavy atom. The smallest absolute Gasteiger partial charge is 0.310 e. The number of hydrogen-bond donors (Lipinski definition) is 0. The molecule has 2 heterocycles. The number of aromatic nitrogens is 1. The van der Waals surface area contributed by atoms with Crippen LogP contribution in [0.15, 0.2) is 42.6 Å². The van der Waals surface area contributed by atoms with Crippen molar-refractivity contribution in [2.45, 2.75) is 129 Å². The van der Waals surface area contributed by atoms with E-state index in [0.717, 1.165) is 44.4 Å². The summed E-state index contributed by atoms with van der Waals surface area (Å²) >= 11 is 0. The summed E-state index contributed by atoms with van der Waals surface area (Å²) in [7, 11) is 0. The van der Waals surface area contributed by atoms with E-state index in [1.807, 2.05) is 30.6 Å². The van der Waals surface area contributed by atoms with E-state index in [2.05, 4.69) is 11.5 Å². The molecule has 0 aliphatic carbocycles. The van der Waals surface area contributed by atoms with Gasteiger partial charge in [0.1, 0.15) is 18.6 Å². The number of ether oxygens (including phenoxy) is 2. The van der Waals surface area contributed by atoms with Crippen LogP contribution in [0.5, 0.6) is 0 Å². The topological polar surface area (TPSA) is 39.4 Å². The number of aryl methyl sites for hydroxylation is 1. The van der Waals surface area contributed by atoms with Crippen LogP contribution in [0, 0.1) is 0 Å². The standard InChI is InChI=1S/C28H46NO3.ClH/c1-2-3-4-5-6-7-8-9-10-11-13-18-26-20-21-27(32-26)25-31-28(30)19-14-17-24-29-22-15-12-16-23-29;/h12,15-16,22-23,25-26H,2-11,13-14,17-21,24H2,1H3;1H/q+1;/p-1. The molecule has 0 radical (unpaired) electrons. The van der Waals surface area contributed by atoms with Gasteiger partial charge in [-0.3, -0.25) is 4.79 Å². The number of unbranched alkanes of at least 4 members (excludes halogenated alkanes) is 11. The van der Waals surface area contributed by atoms with Crippen molar-refractivity contribution in [2.24, 2.45) is 0 Å². The molecule has 0 amide bonds. The summed E-state index contributed by atoms with van der Waals surface area (Å²) in [6, 6.07) is 6.05. The number of rotatable bonds is 18. The van der Waals surface area contributed by atoms with Gasteiger partial charge >= 0.3 is 5.97 Å². The van der Waals surface area contributed by atoms with Gasteiger partial charge in [-0.25, -0.2) is 4.57 Å². The highest BCUT2D eigenvalue weighted by atomic mass is 35.5. The first-order valence-corrected chi connectivity index (χ1v) is 13.3. The normalized spacial score (nSPS) is 16.4. The van der Waals surface area contributed by atoms with Gasteiger partial charge in [-0.1, -0.05) is 77.2 Å².